The lowest BCUT2D eigenvalue weighted by Crippen LogP contribution is -2.58. The zero-order chi connectivity index (χ0) is 37.0. The molecule has 0 bridgehead atoms. The minimum Gasteiger partial charge on any atom is -0.343 e. The minimum absolute atomic E-state index is 0.124. The van der Waals surface area contributed by atoms with E-state index in [0.29, 0.717) is 51.6 Å². The number of amides is 5. The average molecular weight is 715 g/mol. The van der Waals surface area contributed by atoms with Crippen molar-refractivity contribution in [3.05, 3.63) is 144 Å². The summed E-state index contributed by atoms with van der Waals surface area (Å²) in [5.74, 6) is -0.982. The smallest absolute Gasteiger partial charge is 0.315 e. The number of urea groups is 1. The highest BCUT2D eigenvalue weighted by molar-refractivity contribution is 5.94. The molecule has 0 aliphatic carbocycles. The van der Waals surface area contributed by atoms with Crippen molar-refractivity contribution >= 4 is 23.8 Å². The van der Waals surface area contributed by atoms with E-state index in [1.54, 1.807) is 11.9 Å². The van der Waals surface area contributed by atoms with Crippen LogP contribution in [-0.4, -0.2) is 66.4 Å². The molecular weight excluding hydrogens is 665 g/mol. The normalized spacial score (nSPS) is 20.2. The Morgan fingerprint density at radius 2 is 1.28 bits per heavy atom. The fourth-order valence-corrected chi connectivity index (χ4v) is 7.71. The summed E-state index contributed by atoms with van der Waals surface area (Å²) in [5, 5.41) is 15.4. The van der Waals surface area contributed by atoms with Gasteiger partial charge in [-0.05, 0) is 73.7 Å². The molecule has 0 saturated carbocycles. The van der Waals surface area contributed by atoms with Gasteiger partial charge in [-0.15, -0.1) is 0 Å². The van der Waals surface area contributed by atoms with E-state index in [2.05, 4.69) is 26.6 Å². The summed E-state index contributed by atoms with van der Waals surface area (Å²) in [5.41, 5.74) is 3.89. The Hall–Kier alpha value is -5.48. The third-order valence-corrected chi connectivity index (χ3v) is 10.6. The van der Waals surface area contributed by atoms with E-state index in [1.165, 1.54) is 0 Å². The number of rotatable bonds is 14. The van der Waals surface area contributed by atoms with Crippen LogP contribution < -0.4 is 26.6 Å². The van der Waals surface area contributed by atoms with Crippen molar-refractivity contribution in [2.45, 2.75) is 75.3 Å². The zero-order valence-corrected chi connectivity index (χ0v) is 30.2. The number of carbonyl (C=O) groups is 4. The number of nitrogens with zero attached hydrogens (tertiary/aromatic N) is 1. The van der Waals surface area contributed by atoms with Crippen molar-refractivity contribution in [3.63, 3.8) is 0 Å². The molecule has 4 aromatic rings. The van der Waals surface area contributed by atoms with Crippen LogP contribution in [-0.2, 0) is 27.3 Å². The van der Waals surface area contributed by atoms with Crippen LogP contribution in [0.5, 0.6) is 0 Å². The van der Waals surface area contributed by atoms with Gasteiger partial charge in [-0.2, -0.15) is 0 Å². The Morgan fingerprint density at radius 1 is 0.717 bits per heavy atom. The molecule has 5 N–H and O–H groups in total. The van der Waals surface area contributed by atoms with Crippen LogP contribution in [0.2, 0.25) is 0 Å². The van der Waals surface area contributed by atoms with Crippen LogP contribution in [0.4, 0.5) is 4.79 Å². The van der Waals surface area contributed by atoms with Crippen LogP contribution in [0.3, 0.4) is 0 Å². The Balaban J connectivity index is 1.19. The lowest BCUT2D eigenvalue weighted by molar-refractivity contribution is -0.143. The molecule has 276 valence electrons. The van der Waals surface area contributed by atoms with E-state index in [1.807, 2.05) is 121 Å². The number of benzene rings is 4. The fraction of sp³-hybridized carbons (Fsp3) is 0.349. The second-order valence-electron chi connectivity index (χ2n) is 14.0. The molecule has 2 fully saturated rings. The predicted molar refractivity (Wildman–Crippen MR) is 205 cm³/mol. The minimum atomic E-state index is -0.860. The van der Waals surface area contributed by atoms with Crippen LogP contribution >= 0.6 is 0 Å². The zero-order valence-electron chi connectivity index (χ0n) is 30.2. The van der Waals surface area contributed by atoms with E-state index in [4.69, 9.17) is 0 Å². The summed E-state index contributed by atoms with van der Waals surface area (Å²) in [7, 11) is 1.74. The molecule has 2 aliphatic heterocycles. The third kappa shape index (κ3) is 9.70. The summed E-state index contributed by atoms with van der Waals surface area (Å²) < 4.78 is 0. The molecule has 2 saturated heterocycles. The summed E-state index contributed by atoms with van der Waals surface area (Å²) >= 11 is 0. The van der Waals surface area contributed by atoms with Crippen molar-refractivity contribution in [1.82, 2.24) is 31.5 Å². The van der Waals surface area contributed by atoms with Gasteiger partial charge in [-0.25, -0.2) is 4.79 Å². The first-order chi connectivity index (χ1) is 25.9. The van der Waals surface area contributed by atoms with Crippen LogP contribution in [0.15, 0.2) is 121 Å². The van der Waals surface area contributed by atoms with Gasteiger partial charge in [0.2, 0.25) is 17.7 Å². The van der Waals surface area contributed by atoms with Gasteiger partial charge in [0.15, 0.2) is 0 Å². The number of hydrogen-bond donors (Lipinski definition) is 5. The first-order valence-corrected chi connectivity index (χ1v) is 18.7. The molecule has 4 aromatic carbocycles. The van der Waals surface area contributed by atoms with E-state index >= 15 is 0 Å². The molecule has 0 aromatic heterocycles. The third-order valence-electron chi connectivity index (χ3n) is 10.6. The lowest BCUT2D eigenvalue weighted by atomic mass is 9.90. The fourth-order valence-electron chi connectivity index (χ4n) is 7.71. The second kappa shape index (κ2) is 18.3. The number of carbonyl (C=O) groups excluding carboxylic acids is 4. The second-order valence-corrected chi connectivity index (χ2v) is 14.0. The predicted octanol–water partition coefficient (Wildman–Crippen LogP) is 4.87. The lowest BCUT2D eigenvalue weighted by Gasteiger charge is -2.33. The van der Waals surface area contributed by atoms with E-state index < -0.39 is 18.1 Å². The molecule has 6 rings (SSSR count). The Morgan fingerprint density at radius 3 is 1.89 bits per heavy atom. The molecule has 2 aliphatic rings. The highest BCUT2D eigenvalue weighted by Crippen LogP contribution is 2.36. The van der Waals surface area contributed by atoms with Crippen molar-refractivity contribution < 1.29 is 19.2 Å². The molecule has 5 amide bonds. The summed E-state index contributed by atoms with van der Waals surface area (Å²) in [4.78, 5) is 57.4. The Kier molecular flexibility index (Phi) is 12.9. The van der Waals surface area contributed by atoms with Gasteiger partial charge in [-0.3, -0.25) is 14.4 Å². The quantitative estimate of drug-likeness (QED) is 0.127. The van der Waals surface area contributed by atoms with E-state index in [0.717, 1.165) is 22.3 Å². The van der Waals surface area contributed by atoms with Crippen molar-refractivity contribution in [3.8, 4) is 0 Å². The summed E-state index contributed by atoms with van der Waals surface area (Å²) in [6, 6.07) is 36.2. The van der Waals surface area contributed by atoms with Crippen LogP contribution in [0.1, 0.15) is 60.4 Å². The van der Waals surface area contributed by atoms with Crippen molar-refractivity contribution in [1.29, 1.82) is 0 Å². The number of likely N-dealkylation sites (N-methyl/N-ethyl adjacent to an activating group) is 1. The summed E-state index contributed by atoms with van der Waals surface area (Å²) in [6.45, 7) is 0.727. The Bertz CT molecular complexity index is 1750. The average Bonchev–Trinajstić information content (AvgIpc) is 3.59. The molecule has 0 unspecified atom stereocenters. The van der Waals surface area contributed by atoms with Gasteiger partial charge < -0.3 is 31.5 Å². The van der Waals surface area contributed by atoms with Gasteiger partial charge in [0, 0.05) is 19.1 Å². The molecule has 10 heteroatoms. The first kappa shape index (κ1) is 37.3. The standard InChI is InChI=1S/C43H50N6O4/c1-44-36(28-30-14-6-2-7-15-30)40(50)48-39-34(26-27-45-43(53)46-29-31-16-8-3-9-17-31)22-23-35-24-25-37(49(35)42(39)52)41(51)47-38(32-18-10-4-11-19-32)33-20-12-5-13-21-33/h2-21,34-39,44H,22-29H2,1H3,(H,47,51)(H,48,50)(H2,45,46,53)/t34-,35+,36-,37+,39+/m1/s1. The number of fused-ring (bicyclic) bond motifs is 1. The molecule has 0 radical (unpaired) electrons. The maximum absolute atomic E-state index is 14.8. The molecule has 2 heterocycles. The van der Waals surface area contributed by atoms with E-state index in [-0.39, 0.29) is 41.8 Å². The first-order valence-electron chi connectivity index (χ1n) is 18.7. The highest BCUT2D eigenvalue weighted by atomic mass is 16.2. The molecule has 53 heavy (non-hydrogen) atoms. The maximum atomic E-state index is 14.8. The SMILES string of the molecule is CN[C@H](Cc1ccccc1)C(=O)N[C@@H]1C(=O)N2[C@@H](CC[C@@H]1CCNC(=O)NCc1ccccc1)CC[C@H]2C(=O)NC(c1ccccc1)c1ccccc1. The summed E-state index contributed by atoms with van der Waals surface area (Å²) in [6.07, 6.45) is 3.55. The van der Waals surface area contributed by atoms with Crippen molar-refractivity contribution in [2.75, 3.05) is 13.6 Å². The van der Waals surface area contributed by atoms with Gasteiger partial charge in [0.1, 0.15) is 12.1 Å². The molecule has 0 spiro atoms. The highest BCUT2D eigenvalue weighted by Gasteiger charge is 2.48. The van der Waals surface area contributed by atoms with Crippen LogP contribution in [0.25, 0.3) is 0 Å². The number of nitrogens with one attached hydrogen (secondary N) is 5. The monoisotopic (exact) mass is 714 g/mol. The maximum Gasteiger partial charge on any atom is 0.315 e. The largest absolute Gasteiger partial charge is 0.343 e. The van der Waals surface area contributed by atoms with Gasteiger partial charge >= 0.3 is 6.03 Å². The molecule has 10 nitrogen and oxygen atoms in total. The van der Waals surface area contributed by atoms with Gasteiger partial charge in [0.05, 0.1) is 12.1 Å². The molecular formula is C43H50N6O4. The molecule has 5 atom stereocenters. The number of hydrogen-bond acceptors (Lipinski definition) is 5. The topological polar surface area (TPSA) is 132 Å². The van der Waals surface area contributed by atoms with Gasteiger partial charge in [-0.1, -0.05) is 121 Å². The van der Waals surface area contributed by atoms with Crippen LogP contribution in [0, 0.1) is 5.92 Å². The van der Waals surface area contributed by atoms with E-state index in [9.17, 15) is 19.2 Å². The van der Waals surface area contributed by atoms with Gasteiger partial charge in [0.25, 0.3) is 0 Å². The Labute approximate surface area is 312 Å². The van der Waals surface area contributed by atoms with Crippen molar-refractivity contribution in [2.24, 2.45) is 5.92 Å².